The van der Waals surface area contributed by atoms with E-state index in [4.69, 9.17) is 26.5 Å². The summed E-state index contributed by atoms with van der Waals surface area (Å²) in [4.78, 5) is 4.30. The molecule has 126 valence electrons. The van der Waals surface area contributed by atoms with E-state index in [-0.39, 0.29) is 18.3 Å². The van der Waals surface area contributed by atoms with E-state index in [1.807, 2.05) is 6.07 Å². The number of aromatic nitrogens is 1. The molecule has 2 aromatic rings. The molecule has 1 aromatic carbocycles. The molecule has 0 aliphatic rings. The van der Waals surface area contributed by atoms with Crippen LogP contribution in [0.4, 0.5) is 10.8 Å². The molecule has 1 aromatic heterocycles. The maximum absolute atomic E-state index is 7.61. The molecule has 0 amide bonds. The number of methoxy groups -OCH3 is 1. The Morgan fingerprint density at radius 3 is 2.83 bits per heavy atom. The van der Waals surface area contributed by atoms with Crippen molar-refractivity contribution in [1.82, 2.24) is 4.98 Å². The molecule has 5 nitrogen and oxygen atoms in total. The first-order valence-electron chi connectivity index (χ1n) is 6.77. The van der Waals surface area contributed by atoms with Gasteiger partial charge in [-0.25, -0.2) is 4.98 Å². The third kappa shape index (κ3) is 5.57. The molecular formula is C15H19Cl2N3O2S. The lowest BCUT2D eigenvalue weighted by Crippen LogP contribution is -2.06. The molecule has 1 heterocycles. The lowest BCUT2D eigenvalue weighted by Gasteiger charge is -2.13. The molecule has 0 radical (unpaired) electrons. The molecule has 8 heteroatoms. The summed E-state index contributed by atoms with van der Waals surface area (Å²) < 4.78 is 10.7. The van der Waals surface area contributed by atoms with Crippen LogP contribution in [0, 0.1) is 11.3 Å². The largest absolute Gasteiger partial charge is 0.491 e. The number of rotatable bonds is 6. The third-order valence-electron chi connectivity index (χ3n) is 2.70. The van der Waals surface area contributed by atoms with Gasteiger partial charge in [-0.05, 0) is 24.1 Å². The van der Waals surface area contributed by atoms with Gasteiger partial charge in [0.05, 0.1) is 19.4 Å². The number of anilines is 2. The average Bonchev–Trinajstić information content (AvgIpc) is 2.94. The van der Waals surface area contributed by atoms with Crippen LogP contribution in [0.25, 0.3) is 0 Å². The van der Waals surface area contributed by atoms with Crippen LogP contribution in [0.15, 0.2) is 23.6 Å². The quantitative estimate of drug-likeness (QED) is 0.552. The molecule has 0 unspecified atom stereocenters. The molecule has 2 rings (SSSR count). The van der Waals surface area contributed by atoms with E-state index in [0.717, 1.165) is 11.4 Å². The lowest BCUT2D eigenvalue weighted by atomic mass is 10.2. The summed E-state index contributed by atoms with van der Waals surface area (Å²) >= 11 is 7.44. The molecule has 0 fully saturated rings. The van der Waals surface area contributed by atoms with Crippen LogP contribution >= 0.6 is 35.3 Å². The Bertz CT molecular complexity index is 662. The first-order chi connectivity index (χ1) is 10.5. The first-order valence-corrected chi connectivity index (χ1v) is 8.03. The van der Waals surface area contributed by atoms with Gasteiger partial charge in [-0.15, -0.1) is 23.7 Å². The minimum absolute atomic E-state index is 0. The second kappa shape index (κ2) is 8.96. The molecule has 0 saturated heterocycles. The van der Waals surface area contributed by atoms with E-state index in [9.17, 15) is 0 Å². The molecular weight excluding hydrogens is 357 g/mol. The summed E-state index contributed by atoms with van der Waals surface area (Å²) in [5, 5.41) is 13.8. The third-order valence-corrected chi connectivity index (χ3v) is 3.69. The standard InChI is InChI=1S/C15H18ClN3O2S.ClH/c1-9(2)7-21-13-5-4-10(16)6-11(13)18-15-19-12(8-22-15)14(17)20-3;/h4-6,8-9,17H,7H2,1-3H3,(H,18,19);1H. The zero-order valence-electron chi connectivity index (χ0n) is 13.1. The van der Waals surface area contributed by atoms with Gasteiger partial charge < -0.3 is 14.8 Å². The van der Waals surface area contributed by atoms with Crippen molar-refractivity contribution < 1.29 is 9.47 Å². The second-order valence-electron chi connectivity index (χ2n) is 5.04. The van der Waals surface area contributed by atoms with Crippen LogP contribution in [-0.4, -0.2) is 24.6 Å². The van der Waals surface area contributed by atoms with Gasteiger partial charge in [0.15, 0.2) is 5.13 Å². The Hall–Kier alpha value is -1.50. The maximum Gasteiger partial charge on any atom is 0.233 e. The van der Waals surface area contributed by atoms with Crippen LogP contribution in [0.2, 0.25) is 5.02 Å². The number of benzene rings is 1. The first kappa shape index (κ1) is 19.5. The number of hydrogen-bond donors (Lipinski definition) is 2. The molecule has 23 heavy (non-hydrogen) atoms. The fourth-order valence-electron chi connectivity index (χ4n) is 1.64. The van der Waals surface area contributed by atoms with E-state index < -0.39 is 0 Å². The molecule has 0 saturated carbocycles. The van der Waals surface area contributed by atoms with Gasteiger partial charge >= 0.3 is 0 Å². The summed E-state index contributed by atoms with van der Waals surface area (Å²) in [5.74, 6) is 1.18. The van der Waals surface area contributed by atoms with E-state index >= 15 is 0 Å². The highest BCUT2D eigenvalue weighted by Crippen LogP contribution is 2.32. The van der Waals surface area contributed by atoms with Crippen molar-refractivity contribution in [2.24, 2.45) is 5.92 Å². The Morgan fingerprint density at radius 1 is 1.43 bits per heavy atom. The minimum atomic E-state index is 0. The zero-order valence-corrected chi connectivity index (χ0v) is 15.4. The average molecular weight is 376 g/mol. The second-order valence-corrected chi connectivity index (χ2v) is 6.34. The maximum atomic E-state index is 7.61. The summed E-state index contributed by atoms with van der Waals surface area (Å²) in [6, 6.07) is 5.41. The van der Waals surface area contributed by atoms with Crippen LogP contribution in [0.5, 0.6) is 5.75 Å². The van der Waals surface area contributed by atoms with Crippen molar-refractivity contribution in [3.05, 3.63) is 34.3 Å². The number of ether oxygens (including phenoxy) is 2. The predicted molar refractivity (Wildman–Crippen MR) is 98.3 cm³/mol. The Morgan fingerprint density at radius 2 is 2.17 bits per heavy atom. The topological polar surface area (TPSA) is 67.2 Å². The van der Waals surface area contributed by atoms with E-state index in [1.54, 1.807) is 17.5 Å². The van der Waals surface area contributed by atoms with E-state index in [0.29, 0.717) is 28.4 Å². The Balaban J connectivity index is 0.00000264. The van der Waals surface area contributed by atoms with Gasteiger partial charge in [-0.2, -0.15) is 0 Å². The Labute approximate surface area is 150 Å². The van der Waals surface area contributed by atoms with Crippen LogP contribution in [0.1, 0.15) is 19.5 Å². The van der Waals surface area contributed by atoms with Gasteiger partial charge in [0.25, 0.3) is 0 Å². The van der Waals surface area contributed by atoms with Crippen molar-refractivity contribution in [1.29, 1.82) is 5.41 Å². The monoisotopic (exact) mass is 375 g/mol. The number of nitrogens with zero attached hydrogens (tertiary/aromatic N) is 1. The SMILES string of the molecule is COC(=N)c1csc(Nc2cc(Cl)ccc2OCC(C)C)n1.Cl. The highest BCUT2D eigenvalue weighted by molar-refractivity contribution is 7.14. The summed E-state index contributed by atoms with van der Waals surface area (Å²) in [7, 11) is 1.45. The van der Waals surface area contributed by atoms with Gasteiger partial charge in [0.2, 0.25) is 5.90 Å². The fraction of sp³-hybridized carbons (Fsp3) is 0.333. The van der Waals surface area contributed by atoms with E-state index in [2.05, 4.69) is 24.1 Å². The van der Waals surface area contributed by atoms with Crippen LogP contribution in [0.3, 0.4) is 0 Å². The smallest absolute Gasteiger partial charge is 0.233 e. The van der Waals surface area contributed by atoms with Crippen molar-refractivity contribution in [3.8, 4) is 5.75 Å². The highest BCUT2D eigenvalue weighted by Gasteiger charge is 2.11. The van der Waals surface area contributed by atoms with Gasteiger partial charge in [-0.3, -0.25) is 5.41 Å². The Kier molecular flexibility index (Phi) is 7.61. The molecule has 0 atom stereocenters. The summed E-state index contributed by atoms with van der Waals surface area (Å²) in [6.45, 7) is 4.80. The van der Waals surface area contributed by atoms with E-state index in [1.165, 1.54) is 18.4 Å². The predicted octanol–water partition coefficient (Wildman–Crippen LogP) is 4.97. The molecule has 2 N–H and O–H groups in total. The van der Waals surface area contributed by atoms with Crippen molar-refractivity contribution in [3.63, 3.8) is 0 Å². The summed E-state index contributed by atoms with van der Waals surface area (Å²) in [5.41, 5.74) is 1.24. The van der Waals surface area contributed by atoms with Gasteiger partial charge in [-0.1, -0.05) is 25.4 Å². The van der Waals surface area contributed by atoms with Gasteiger partial charge in [0, 0.05) is 10.4 Å². The number of halogens is 2. The van der Waals surface area contributed by atoms with Crippen LogP contribution in [-0.2, 0) is 4.74 Å². The number of thiazole rings is 1. The molecule has 0 aliphatic heterocycles. The zero-order chi connectivity index (χ0) is 16.1. The lowest BCUT2D eigenvalue weighted by molar-refractivity contribution is 0.272. The minimum Gasteiger partial charge on any atom is -0.491 e. The van der Waals surface area contributed by atoms with Crippen molar-refractivity contribution in [2.75, 3.05) is 19.0 Å². The summed E-state index contributed by atoms with van der Waals surface area (Å²) in [6.07, 6.45) is 0. The fourth-order valence-corrected chi connectivity index (χ4v) is 2.51. The molecule has 0 spiro atoms. The van der Waals surface area contributed by atoms with Crippen molar-refractivity contribution >= 4 is 52.1 Å². The van der Waals surface area contributed by atoms with Crippen LogP contribution < -0.4 is 10.1 Å². The molecule has 0 bridgehead atoms. The highest BCUT2D eigenvalue weighted by atomic mass is 35.5. The normalized spacial score (nSPS) is 10.1. The van der Waals surface area contributed by atoms with Crippen molar-refractivity contribution in [2.45, 2.75) is 13.8 Å². The number of hydrogen-bond acceptors (Lipinski definition) is 6. The number of nitrogens with one attached hydrogen (secondary N) is 2. The van der Waals surface area contributed by atoms with Gasteiger partial charge in [0.1, 0.15) is 11.4 Å². The molecule has 0 aliphatic carbocycles.